The van der Waals surface area contributed by atoms with Crippen LogP contribution in [0.4, 0.5) is 10.1 Å². The highest BCUT2D eigenvalue weighted by molar-refractivity contribution is 7.99. The number of rotatable bonds is 6. The number of anilines is 1. The second kappa shape index (κ2) is 9.47. The minimum Gasteiger partial charge on any atom is -0.324 e. The first-order valence-electron chi connectivity index (χ1n) is 9.01. The van der Waals surface area contributed by atoms with E-state index in [0.717, 1.165) is 5.56 Å². The van der Waals surface area contributed by atoms with Crippen LogP contribution in [0.2, 0.25) is 10.0 Å². The van der Waals surface area contributed by atoms with E-state index in [-0.39, 0.29) is 17.5 Å². The Morgan fingerprint density at radius 1 is 1.03 bits per heavy atom. The molecule has 0 aliphatic carbocycles. The predicted molar refractivity (Wildman–Crippen MR) is 120 cm³/mol. The molecule has 2 aromatic carbocycles. The van der Waals surface area contributed by atoms with Gasteiger partial charge in [0.05, 0.1) is 16.5 Å². The van der Waals surface area contributed by atoms with Crippen molar-refractivity contribution in [3.63, 3.8) is 0 Å². The van der Waals surface area contributed by atoms with Gasteiger partial charge < -0.3 is 5.32 Å². The Kier molecular flexibility index (Phi) is 6.50. The van der Waals surface area contributed by atoms with E-state index in [1.807, 2.05) is 0 Å². The molecule has 0 fully saturated rings. The maximum absolute atomic E-state index is 13.4. The number of hydrogen-bond acceptors (Lipinski definition) is 5. The van der Waals surface area contributed by atoms with E-state index in [1.165, 1.54) is 23.9 Å². The van der Waals surface area contributed by atoms with Gasteiger partial charge >= 0.3 is 0 Å². The summed E-state index contributed by atoms with van der Waals surface area (Å²) in [6, 6.07) is 14.4. The van der Waals surface area contributed by atoms with Gasteiger partial charge in [0.15, 0.2) is 11.0 Å². The summed E-state index contributed by atoms with van der Waals surface area (Å²) in [6.45, 7) is 0. The van der Waals surface area contributed by atoms with Crippen molar-refractivity contribution < 1.29 is 9.18 Å². The largest absolute Gasteiger partial charge is 0.324 e. The lowest BCUT2D eigenvalue weighted by molar-refractivity contribution is -0.113. The molecule has 6 nitrogen and oxygen atoms in total. The normalized spacial score (nSPS) is 10.8. The highest BCUT2D eigenvalue weighted by atomic mass is 35.5. The molecule has 156 valence electrons. The zero-order chi connectivity index (χ0) is 21.8. The molecule has 0 saturated heterocycles. The van der Waals surface area contributed by atoms with E-state index >= 15 is 0 Å². The van der Waals surface area contributed by atoms with Crippen molar-refractivity contribution in [2.45, 2.75) is 5.16 Å². The molecule has 1 N–H and O–H groups in total. The minimum absolute atomic E-state index is 0.0541. The number of nitrogens with zero attached hydrogens (tertiary/aromatic N) is 4. The molecule has 0 saturated carbocycles. The molecule has 1 amide bonds. The van der Waals surface area contributed by atoms with E-state index in [2.05, 4.69) is 20.5 Å². The summed E-state index contributed by atoms with van der Waals surface area (Å²) in [4.78, 5) is 16.5. The third-order valence-electron chi connectivity index (χ3n) is 4.19. The first kappa shape index (κ1) is 21.3. The molecule has 0 atom stereocenters. The molecule has 2 heterocycles. The Balaban J connectivity index is 1.59. The number of benzene rings is 2. The Morgan fingerprint density at radius 2 is 1.77 bits per heavy atom. The third kappa shape index (κ3) is 5.04. The minimum atomic E-state index is -0.353. The zero-order valence-corrected chi connectivity index (χ0v) is 18.1. The van der Waals surface area contributed by atoms with Gasteiger partial charge in [0.25, 0.3) is 0 Å². The van der Waals surface area contributed by atoms with Crippen LogP contribution in [-0.4, -0.2) is 31.4 Å². The summed E-state index contributed by atoms with van der Waals surface area (Å²) in [5.74, 6) is -0.0317. The number of carbonyl (C=O) groups excluding carboxylic acids is 1. The molecule has 0 spiro atoms. The molecule has 0 unspecified atom stereocenters. The summed E-state index contributed by atoms with van der Waals surface area (Å²) in [5.41, 5.74) is 1.88. The van der Waals surface area contributed by atoms with Crippen molar-refractivity contribution in [2.24, 2.45) is 0 Å². The Hall–Kier alpha value is -2.94. The van der Waals surface area contributed by atoms with Gasteiger partial charge in [0.1, 0.15) is 5.82 Å². The van der Waals surface area contributed by atoms with Crippen molar-refractivity contribution in [3.05, 3.63) is 82.9 Å². The van der Waals surface area contributed by atoms with Gasteiger partial charge in [0, 0.05) is 28.7 Å². The van der Waals surface area contributed by atoms with Crippen molar-refractivity contribution in [1.82, 2.24) is 19.7 Å². The van der Waals surface area contributed by atoms with E-state index in [1.54, 1.807) is 59.4 Å². The summed E-state index contributed by atoms with van der Waals surface area (Å²) >= 11 is 13.3. The molecule has 10 heteroatoms. The van der Waals surface area contributed by atoms with Crippen LogP contribution in [-0.2, 0) is 4.79 Å². The lowest BCUT2D eigenvalue weighted by atomic mass is 10.2. The highest BCUT2D eigenvalue weighted by Gasteiger charge is 2.18. The fourth-order valence-corrected chi connectivity index (χ4v) is 3.87. The molecule has 4 aromatic rings. The molecule has 0 aliphatic heterocycles. The molecule has 0 radical (unpaired) electrons. The van der Waals surface area contributed by atoms with Gasteiger partial charge in [-0.3, -0.25) is 14.3 Å². The van der Waals surface area contributed by atoms with Gasteiger partial charge in [-0.05, 0) is 54.6 Å². The number of pyridine rings is 1. The number of nitrogens with one attached hydrogen (secondary N) is 1. The van der Waals surface area contributed by atoms with Crippen molar-refractivity contribution >= 4 is 46.6 Å². The zero-order valence-electron chi connectivity index (χ0n) is 15.8. The molecular weight excluding hydrogens is 460 g/mol. The smallest absolute Gasteiger partial charge is 0.234 e. The van der Waals surface area contributed by atoms with Crippen molar-refractivity contribution in [1.29, 1.82) is 0 Å². The standard InChI is InChI=1S/C21H14Cl2FN5OS/c22-14-1-6-17(23)18(11-14)26-19(30)12-31-21-28-27-20(13-7-9-25-10-8-13)29(21)16-4-2-15(24)3-5-16/h1-11H,12H2,(H,26,30). The molecule has 4 rings (SSSR count). The SMILES string of the molecule is O=C(CSc1nnc(-c2ccncc2)n1-c1ccc(F)cc1)Nc1cc(Cl)ccc1Cl. The quantitative estimate of drug-likeness (QED) is 0.374. The number of aromatic nitrogens is 4. The Labute approximate surface area is 191 Å². The van der Waals surface area contributed by atoms with Crippen LogP contribution in [0, 0.1) is 5.82 Å². The van der Waals surface area contributed by atoms with Gasteiger partial charge in [-0.2, -0.15) is 0 Å². The number of amides is 1. The number of thioether (sulfide) groups is 1. The van der Waals surface area contributed by atoms with Crippen LogP contribution >= 0.6 is 35.0 Å². The van der Waals surface area contributed by atoms with Crippen LogP contribution in [0.1, 0.15) is 0 Å². The Bertz CT molecular complexity index is 1220. The van der Waals surface area contributed by atoms with E-state index in [4.69, 9.17) is 23.2 Å². The lowest BCUT2D eigenvalue weighted by Gasteiger charge is -2.11. The summed E-state index contributed by atoms with van der Waals surface area (Å²) < 4.78 is 15.2. The topological polar surface area (TPSA) is 72.7 Å². The van der Waals surface area contributed by atoms with Crippen LogP contribution in [0.25, 0.3) is 17.1 Å². The molecule has 31 heavy (non-hydrogen) atoms. The average Bonchev–Trinajstić information content (AvgIpc) is 3.20. The van der Waals surface area contributed by atoms with E-state index < -0.39 is 0 Å². The Morgan fingerprint density at radius 3 is 2.52 bits per heavy atom. The maximum atomic E-state index is 13.4. The van der Waals surface area contributed by atoms with Crippen LogP contribution in [0.5, 0.6) is 0 Å². The molecule has 0 aliphatic rings. The maximum Gasteiger partial charge on any atom is 0.234 e. The average molecular weight is 474 g/mol. The number of halogens is 3. The first-order chi connectivity index (χ1) is 15.0. The van der Waals surface area contributed by atoms with Crippen molar-refractivity contribution in [3.8, 4) is 17.1 Å². The van der Waals surface area contributed by atoms with Crippen LogP contribution in [0.15, 0.2) is 72.1 Å². The van der Waals surface area contributed by atoms with Gasteiger partial charge in [0.2, 0.25) is 5.91 Å². The third-order valence-corrected chi connectivity index (χ3v) is 5.69. The summed E-state index contributed by atoms with van der Waals surface area (Å²) in [7, 11) is 0. The van der Waals surface area contributed by atoms with Gasteiger partial charge in [-0.25, -0.2) is 4.39 Å². The highest BCUT2D eigenvalue weighted by Crippen LogP contribution is 2.29. The number of carbonyl (C=O) groups is 1. The summed E-state index contributed by atoms with van der Waals surface area (Å²) in [6.07, 6.45) is 3.29. The van der Waals surface area contributed by atoms with Crippen molar-refractivity contribution in [2.75, 3.05) is 11.1 Å². The second-order valence-electron chi connectivity index (χ2n) is 6.31. The predicted octanol–water partition coefficient (Wildman–Crippen LogP) is 5.51. The molecular formula is C21H14Cl2FN5OS. The second-order valence-corrected chi connectivity index (χ2v) is 8.10. The van der Waals surface area contributed by atoms with E-state index in [9.17, 15) is 9.18 Å². The molecule has 2 aromatic heterocycles. The van der Waals surface area contributed by atoms with Crippen LogP contribution < -0.4 is 5.32 Å². The van der Waals surface area contributed by atoms with E-state index in [0.29, 0.717) is 32.4 Å². The van der Waals surface area contributed by atoms with Crippen LogP contribution in [0.3, 0.4) is 0 Å². The summed E-state index contributed by atoms with van der Waals surface area (Å²) in [5, 5.41) is 12.6. The lowest BCUT2D eigenvalue weighted by Crippen LogP contribution is -2.15. The first-order valence-corrected chi connectivity index (χ1v) is 10.7. The fourth-order valence-electron chi connectivity index (χ4n) is 2.78. The monoisotopic (exact) mass is 473 g/mol. The molecule has 0 bridgehead atoms. The van der Waals surface area contributed by atoms with Gasteiger partial charge in [-0.15, -0.1) is 10.2 Å². The number of hydrogen-bond donors (Lipinski definition) is 1. The fraction of sp³-hybridized carbons (Fsp3) is 0.0476. The van der Waals surface area contributed by atoms with Gasteiger partial charge in [-0.1, -0.05) is 35.0 Å².